The summed E-state index contributed by atoms with van der Waals surface area (Å²) in [6.07, 6.45) is 5.20. The molecule has 0 bridgehead atoms. The Kier molecular flexibility index (Phi) is 9.69. The summed E-state index contributed by atoms with van der Waals surface area (Å²) in [7, 11) is 0. The number of piperazine rings is 1. The van der Waals surface area contributed by atoms with Crippen LogP contribution in [-0.4, -0.2) is 82.3 Å². The van der Waals surface area contributed by atoms with E-state index in [0.29, 0.717) is 68.9 Å². The van der Waals surface area contributed by atoms with E-state index in [2.05, 4.69) is 20.6 Å². The van der Waals surface area contributed by atoms with E-state index in [9.17, 15) is 18.8 Å². The van der Waals surface area contributed by atoms with Crippen molar-refractivity contribution in [2.24, 2.45) is 0 Å². The maximum Gasteiger partial charge on any atom is 0.251 e. The van der Waals surface area contributed by atoms with Crippen LogP contribution in [0, 0.1) is 17.1 Å². The van der Waals surface area contributed by atoms with Crippen molar-refractivity contribution in [3.05, 3.63) is 83.9 Å². The van der Waals surface area contributed by atoms with Gasteiger partial charge in [-0.3, -0.25) is 14.4 Å². The van der Waals surface area contributed by atoms with Gasteiger partial charge >= 0.3 is 0 Å². The molecule has 3 atom stereocenters. The fourth-order valence-electron chi connectivity index (χ4n) is 5.39. The van der Waals surface area contributed by atoms with Crippen molar-refractivity contribution in [2.75, 3.05) is 32.7 Å². The van der Waals surface area contributed by atoms with E-state index in [4.69, 9.17) is 5.26 Å². The molecule has 3 amide bonds. The molecule has 0 unspecified atom stereocenters. The lowest BCUT2D eigenvalue weighted by Crippen LogP contribution is -2.55. The van der Waals surface area contributed by atoms with Crippen LogP contribution in [-0.2, 0) is 9.59 Å². The molecule has 1 aliphatic carbocycles. The van der Waals surface area contributed by atoms with Gasteiger partial charge in [-0.05, 0) is 61.7 Å². The van der Waals surface area contributed by atoms with Gasteiger partial charge in [0.2, 0.25) is 11.8 Å². The number of hydrogen-bond acceptors (Lipinski definition) is 7. The number of carbonyl (C=O) groups is 3. The quantitative estimate of drug-likeness (QED) is 0.332. The molecule has 2 heterocycles. The first-order chi connectivity index (χ1) is 20.9. The highest BCUT2D eigenvalue weighted by Gasteiger charge is 2.37. The van der Waals surface area contributed by atoms with Crippen molar-refractivity contribution < 1.29 is 18.8 Å². The Labute approximate surface area is 249 Å². The summed E-state index contributed by atoms with van der Waals surface area (Å²) in [6.45, 7) is 2.06. The Morgan fingerprint density at radius 2 is 1.65 bits per heavy atom. The second-order valence-electron chi connectivity index (χ2n) is 10.8. The highest BCUT2D eigenvalue weighted by Crippen LogP contribution is 2.40. The van der Waals surface area contributed by atoms with Crippen molar-refractivity contribution in [2.45, 2.75) is 43.7 Å². The van der Waals surface area contributed by atoms with Crippen molar-refractivity contribution in [1.82, 2.24) is 30.4 Å². The number of nitriles is 1. The first-order valence-electron chi connectivity index (χ1n) is 14.5. The third-order valence-electron chi connectivity index (χ3n) is 7.91. The van der Waals surface area contributed by atoms with Crippen LogP contribution >= 0.6 is 0 Å². The third-order valence-corrected chi connectivity index (χ3v) is 7.91. The summed E-state index contributed by atoms with van der Waals surface area (Å²) in [4.78, 5) is 50.7. The van der Waals surface area contributed by atoms with Crippen LogP contribution in [0.15, 0.2) is 67.0 Å². The summed E-state index contributed by atoms with van der Waals surface area (Å²) in [5, 5.41) is 15.3. The lowest BCUT2D eigenvalue weighted by molar-refractivity contribution is -0.140. The third kappa shape index (κ3) is 7.78. The molecule has 222 valence electrons. The van der Waals surface area contributed by atoms with E-state index in [1.165, 1.54) is 12.1 Å². The normalized spacial score (nSPS) is 18.4. The monoisotopic (exact) mass is 583 g/mol. The van der Waals surface area contributed by atoms with Gasteiger partial charge in [0.05, 0.1) is 6.07 Å². The molecule has 11 heteroatoms. The average molecular weight is 584 g/mol. The molecule has 2 N–H and O–H groups in total. The van der Waals surface area contributed by atoms with Gasteiger partial charge in [0.1, 0.15) is 18.3 Å². The number of halogens is 1. The number of hydrogen-bond donors (Lipinski definition) is 2. The van der Waals surface area contributed by atoms with Crippen LogP contribution in [0.4, 0.5) is 4.39 Å². The molecule has 0 spiro atoms. The van der Waals surface area contributed by atoms with Gasteiger partial charge in [-0.1, -0.05) is 24.3 Å². The highest BCUT2D eigenvalue weighted by atomic mass is 19.1. The van der Waals surface area contributed by atoms with Crippen LogP contribution in [0.2, 0.25) is 0 Å². The van der Waals surface area contributed by atoms with Gasteiger partial charge in [-0.15, -0.1) is 0 Å². The number of amides is 3. The standard InChI is InChI=1S/C32H34FN7O3/c33-25-10-8-22(9-11-25)26-21-28(26)35-14-1-3-27(32(43)40-19-17-39(18-20-40)29(41)12-13-34)38-31(42)24-6-4-23(5-7-24)30-36-15-2-16-37-30/h2,4-11,15-16,26-28,35H,1,3,12,14,17-21H2,(H,38,42)/t26-,27-,28+/m0/s1. The number of aromatic nitrogens is 2. The van der Waals surface area contributed by atoms with Crippen molar-refractivity contribution in [3.63, 3.8) is 0 Å². The van der Waals surface area contributed by atoms with Crippen LogP contribution in [0.1, 0.15) is 47.5 Å². The van der Waals surface area contributed by atoms with Gasteiger partial charge in [-0.2, -0.15) is 5.26 Å². The molecule has 2 aromatic carbocycles. The molecule has 3 aromatic rings. The Balaban J connectivity index is 1.18. The van der Waals surface area contributed by atoms with Gasteiger partial charge in [0.25, 0.3) is 5.91 Å². The van der Waals surface area contributed by atoms with Crippen LogP contribution < -0.4 is 10.6 Å². The van der Waals surface area contributed by atoms with E-state index < -0.39 is 6.04 Å². The molecule has 1 saturated carbocycles. The van der Waals surface area contributed by atoms with Gasteiger partial charge < -0.3 is 20.4 Å². The summed E-state index contributed by atoms with van der Waals surface area (Å²) >= 11 is 0. The van der Waals surface area contributed by atoms with Crippen molar-refractivity contribution >= 4 is 17.7 Å². The molecular formula is C32H34FN7O3. The molecule has 2 fully saturated rings. The van der Waals surface area contributed by atoms with Gasteiger partial charge in [0.15, 0.2) is 5.82 Å². The molecule has 0 radical (unpaired) electrons. The zero-order chi connectivity index (χ0) is 30.2. The molecular weight excluding hydrogens is 549 g/mol. The Morgan fingerprint density at radius 3 is 2.33 bits per heavy atom. The summed E-state index contributed by atoms with van der Waals surface area (Å²) in [6, 6.07) is 16.7. The fraction of sp³-hybridized carbons (Fsp3) is 0.375. The summed E-state index contributed by atoms with van der Waals surface area (Å²) in [5.41, 5.74) is 2.30. The minimum atomic E-state index is -0.736. The Hall–Kier alpha value is -4.69. The van der Waals surface area contributed by atoms with Crippen molar-refractivity contribution in [3.8, 4) is 17.5 Å². The topological polar surface area (TPSA) is 131 Å². The average Bonchev–Trinajstić information content (AvgIpc) is 3.82. The zero-order valence-electron chi connectivity index (χ0n) is 23.8. The van der Waals surface area contributed by atoms with E-state index in [-0.39, 0.29) is 30.0 Å². The molecule has 5 rings (SSSR count). The molecule has 2 aliphatic rings. The number of nitrogens with zero attached hydrogens (tertiary/aromatic N) is 5. The maximum atomic E-state index is 13.6. The van der Waals surface area contributed by atoms with Crippen LogP contribution in [0.5, 0.6) is 0 Å². The second-order valence-corrected chi connectivity index (χ2v) is 10.8. The number of nitrogens with one attached hydrogen (secondary N) is 2. The van der Waals surface area contributed by atoms with Crippen LogP contribution in [0.3, 0.4) is 0 Å². The first kappa shape index (κ1) is 29.8. The van der Waals surface area contributed by atoms with E-state index in [1.54, 1.807) is 52.5 Å². The molecule has 1 aliphatic heterocycles. The Morgan fingerprint density at radius 1 is 0.977 bits per heavy atom. The van der Waals surface area contributed by atoms with E-state index >= 15 is 0 Å². The Bertz CT molecular complexity index is 1450. The number of carbonyl (C=O) groups excluding carboxylic acids is 3. The van der Waals surface area contributed by atoms with Gasteiger partial charge in [-0.25, -0.2) is 14.4 Å². The fourth-order valence-corrected chi connectivity index (χ4v) is 5.39. The lowest BCUT2D eigenvalue weighted by atomic mass is 10.1. The minimum Gasteiger partial charge on any atom is -0.340 e. The minimum absolute atomic E-state index is 0.183. The SMILES string of the molecule is N#CCC(=O)N1CCN(C(=O)[C@H](CCCN[C@@H]2C[C@H]2c2ccc(F)cc2)NC(=O)c2ccc(-c3ncccn3)cc2)CC1. The highest BCUT2D eigenvalue weighted by molar-refractivity contribution is 5.98. The predicted octanol–water partition coefficient (Wildman–Crippen LogP) is 2.89. The predicted molar refractivity (Wildman–Crippen MR) is 157 cm³/mol. The first-order valence-corrected chi connectivity index (χ1v) is 14.5. The molecule has 1 saturated heterocycles. The van der Waals surface area contributed by atoms with Crippen LogP contribution in [0.25, 0.3) is 11.4 Å². The summed E-state index contributed by atoms with van der Waals surface area (Å²) < 4.78 is 13.3. The zero-order valence-corrected chi connectivity index (χ0v) is 23.8. The van der Waals surface area contributed by atoms with Crippen molar-refractivity contribution in [1.29, 1.82) is 5.26 Å². The molecule has 43 heavy (non-hydrogen) atoms. The van der Waals surface area contributed by atoms with Gasteiger partial charge in [0, 0.05) is 61.7 Å². The van der Waals surface area contributed by atoms with E-state index in [0.717, 1.165) is 17.5 Å². The largest absolute Gasteiger partial charge is 0.340 e. The molecule has 10 nitrogen and oxygen atoms in total. The lowest BCUT2D eigenvalue weighted by Gasteiger charge is -2.36. The summed E-state index contributed by atoms with van der Waals surface area (Å²) in [5.74, 6) is -0.127. The second kappa shape index (κ2) is 14.0. The van der Waals surface area contributed by atoms with E-state index in [1.807, 2.05) is 18.2 Å². The smallest absolute Gasteiger partial charge is 0.251 e. The maximum absolute atomic E-state index is 13.6. The number of benzene rings is 2. The molecule has 1 aromatic heterocycles. The number of rotatable bonds is 11.